The van der Waals surface area contributed by atoms with Crippen LogP contribution in [0.15, 0.2) is 18.2 Å². The van der Waals surface area contributed by atoms with Crippen molar-refractivity contribution in [1.29, 1.82) is 0 Å². The zero-order valence-corrected chi connectivity index (χ0v) is 11.4. The first kappa shape index (κ1) is 14.3. The normalized spacial score (nSPS) is 11.6. The molecule has 18 heavy (non-hydrogen) atoms. The predicted octanol–water partition coefficient (Wildman–Crippen LogP) is 1.12. The second-order valence-electron chi connectivity index (χ2n) is 5.23. The topological polar surface area (TPSA) is 84.4 Å². The smallest absolute Gasteiger partial charge is 0.250 e. The second kappa shape index (κ2) is 5.27. The van der Waals surface area contributed by atoms with E-state index in [1.807, 2.05) is 20.2 Å². The maximum Gasteiger partial charge on any atom is 0.250 e. The zero-order valence-electron chi connectivity index (χ0n) is 11.4. The van der Waals surface area contributed by atoms with Gasteiger partial charge in [0.1, 0.15) is 0 Å². The molecule has 5 heteroatoms. The highest BCUT2D eigenvalue weighted by atomic mass is 16.1. The van der Waals surface area contributed by atoms with Crippen molar-refractivity contribution < 1.29 is 4.79 Å². The molecule has 0 unspecified atom stereocenters. The molecule has 0 aliphatic rings. The summed E-state index contributed by atoms with van der Waals surface area (Å²) in [5.41, 5.74) is 12.5. The molecule has 0 radical (unpaired) electrons. The Labute approximate surface area is 108 Å². The molecule has 1 aromatic rings. The van der Waals surface area contributed by atoms with Gasteiger partial charge in [0.15, 0.2) is 0 Å². The van der Waals surface area contributed by atoms with Gasteiger partial charge in [-0.05, 0) is 46.1 Å². The van der Waals surface area contributed by atoms with Crippen LogP contribution in [0.2, 0.25) is 0 Å². The predicted molar refractivity (Wildman–Crippen MR) is 75.6 cm³/mol. The Kier molecular flexibility index (Phi) is 4.19. The quantitative estimate of drug-likeness (QED) is 0.684. The molecule has 0 aliphatic heterocycles. The van der Waals surface area contributed by atoms with Crippen LogP contribution in [0.25, 0.3) is 0 Å². The summed E-state index contributed by atoms with van der Waals surface area (Å²) in [7, 11) is 4.05. The van der Waals surface area contributed by atoms with Gasteiger partial charge in [-0.15, -0.1) is 0 Å². The number of rotatable bonds is 5. The summed E-state index contributed by atoms with van der Waals surface area (Å²) in [5.74, 6) is -0.511. The SMILES string of the molecule is CN(C)C(C)(C)CNc1ccc(N)c(C(N)=O)c1. The summed E-state index contributed by atoms with van der Waals surface area (Å²) in [6.45, 7) is 5.01. The van der Waals surface area contributed by atoms with E-state index in [-0.39, 0.29) is 5.54 Å². The van der Waals surface area contributed by atoms with Gasteiger partial charge in [-0.3, -0.25) is 4.79 Å². The third-order valence-corrected chi connectivity index (χ3v) is 3.25. The maximum atomic E-state index is 11.2. The second-order valence-corrected chi connectivity index (χ2v) is 5.23. The van der Waals surface area contributed by atoms with Gasteiger partial charge in [0.05, 0.1) is 5.56 Å². The molecule has 0 aliphatic carbocycles. The molecule has 0 atom stereocenters. The third-order valence-electron chi connectivity index (χ3n) is 3.25. The van der Waals surface area contributed by atoms with Crippen LogP contribution in [0.1, 0.15) is 24.2 Å². The highest BCUT2D eigenvalue weighted by molar-refractivity contribution is 5.98. The lowest BCUT2D eigenvalue weighted by Crippen LogP contribution is -2.44. The number of hydrogen-bond donors (Lipinski definition) is 3. The van der Waals surface area contributed by atoms with Gasteiger partial charge in [0.25, 0.3) is 5.91 Å². The monoisotopic (exact) mass is 250 g/mol. The number of likely N-dealkylation sites (N-methyl/N-ethyl adjacent to an activating group) is 1. The minimum absolute atomic E-state index is 0.00821. The van der Waals surface area contributed by atoms with Gasteiger partial charge in [0.2, 0.25) is 0 Å². The third kappa shape index (κ3) is 3.37. The van der Waals surface area contributed by atoms with Crippen LogP contribution in [0.4, 0.5) is 11.4 Å². The number of carbonyl (C=O) groups excluding carboxylic acids is 1. The van der Waals surface area contributed by atoms with Crippen molar-refractivity contribution in [2.45, 2.75) is 19.4 Å². The molecular formula is C13H22N4O. The Morgan fingerprint density at radius 1 is 1.39 bits per heavy atom. The molecule has 100 valence electrons. The molecule has 0 saturated carbocycles. The molecule has 0 heterocycles. The zero-order chi connectivity index (χ0) is 13.9. The first-order valence-electron chi connectivity index (χ1n) is 5.84. The Bertz CT molecular complexity index is 441. The lowest BCUT2D eigenvalue weighted by atomic mass is 10.0. The van der Waals surface area contributed by atoms with E-state index >= 15 is 0 Å². The van der Waals surface area contributed by atoms with E-state index in [0.717, 1.165) is 12.2 Å². The Balaban J connectivity index is 2.81. The van der Waals surface area contributed by atoms with E-state index in [0.29, 0.717) is 11.3 Å². The number of anilines is 2. The van der Waals surface area contributed by atoms with Gasteiger partial charge < -0.3 is 21.7 Å². The fourth-order valence-corrected chi connectivity index (χ4v) is 1.36. The maximum absolute atomic E-state index is 11.2. The molecule has 5 N–H and O–H groups in total. The summed E-state index contributed by atoms with van der Waals surface area (Å²) in [4.78, 5) is 13.3. The number of nitrogens with zero attached hydrogens (tertiary/aromatic N) is 1. The Morgan fingerprint density at radius 3 is 2.50 bits per heavy atom. The largest absolute Gasteiger partial charge is 0.398 e. The number of hydrogen-bond acceptors (Lipinski definition) is 4. The molecule has 0 aromatic heterocycles. The van der Waals surface area contributed by atoms with E-state index in [2.05, 4.69) is 24.1 Å². The number of nitrogens with one attached hydrogen (secondary N) is 1. The lowest BCUT2D eigenvalue weighted by molar-refractivity contribution is 0.100. The summed E-state index contributed by atoms with van der Waals surface area (Å²) in [6, 6.07) is 5.21. The standard InChI is InChI=1S/C13H22N4O/c1-13(2,17(3)4)8-16-9-5-6-11(14)10(7-9)12(15)18/h5-7,16H,8,14H2,1-4H3,(H2,15,18). The van der Waals surface area contributed by atoms with Gasteiger partial charge >= 0.3 is 0 Å². The Hall–Kier alpha value is -1.75. The molecule has 0 saturated heterocycles. The van der Waals surface area contributed by atoms with E-state index in [1.54, 1.807) is 12.1 Å². The van der Waals surface area contributed by atoms with E-state index < -0.39 is 5.91 Å². The Morgan fingerprint density at radius 2 is 2.00 bits per heavy atom. The first-order valence-corrected chi connectivity index (χ1v) is 5.84. The van der Waals surface area contributed by atoms with Crippen molar-refractivity contribution in [3.05, 3.63) is 23.8 Å². The number of carbonyl (C=O) groups is 1. The van der Waals surface area contributed by atoms with Crippen molar-refractivity contribution >= 4 is 17.3 Å². The number of benzene rings is 1. The minimum atomic E-state index is -0.511. The number of amides is 1. The average Bonchev–Trinajstić information content (AvgIpc) is 2.27. The molecule has 0 spiro atoms. The van der Waals surface area contributed by atoms with Crippen molar-refractivity contribution in [3.63, 3.8) is 0 Å². The minimum Gasteiger partial charge on any atom is -0.398 e. The summed E-state index contributed by atoms with van der Waals surface area (Å²) >= 11 is 0. The molecular weight excluding hydrogens is 228 g/mol. The van der Waals surface area contributed by atoms with Crippen molar-refractivity contribution in [1.82, 2.24) is 4.90 Å². The summed E-state index contributed by atoms with van der Waals surface area (Å²) in [5, 5.41) is 3.28. The van der Waals surface area contributed by atoms with Crippen molar-refractivity contribution in [2.75, 3.05) is 31.7 Å². The van der Waals surface area contributed by atoms with Gasteiger partial charge in [0, 0.05) is 23.5 Å². The van der Waals surface area contributed by atoms with Gasteiger partial charge in [-0.25, -0.2) is 0 Å². The molecule has 1 rings (SSSR count). The van der Waals surface area contributed by atoms with Crippen LogP contribution in [0, 0.1) is 0 Å². The lowest BCUT2D eigenvalue weighted by Gasteiger charge is -2.33. The summed E-state index contributed by atoms with van der Waals surface area (Å²) in [6.07, 6.45) is 0. The van der Waals surface area contributed by atoms with E-state index in [4.69, 9.17) is 11.5 Å². The van der Waals surface area contributed by atoms with Crippen LogP contribution < -0.4 is 16.8 Å². The first-order chi connectivity index (χ1) is 8.24. The number of nitrogen functional groups attached to an aromatic ring is 1. The van der Waals surface area contributed by atoms with Gasteiger partial charge in [-0.2, -0.15) is 0 Å². The summed E-state index contributed by atoms with van der Waals surface area (Å²) < 4.78 is 0. The fourth-order valence-electron chi connectivity index (χ4n) is 1.36. The molecule has 5 nitrogen and oxygen atoms in total. The van der Waals surface area contributed by atoms with Crippen LogP contribution in [0.3, 0.4) is 0 Å². The van der Waals surface area contributed by atoms with Crippen LogP contribution in [-0.4, -0.2) is 37.0 Å². The van der Waals surface area contributed by atoms with Crippen LogP contribution >= 0.6 is 0 Å². The highest BCUT2D eigenvalue weighted by Gasteiger charge is 2.20. The molecule has 1 amide bonds. The number of nitrogens with two attached hydrogens (primary N) is 2. The van der Waals surface area contributed by atoms with Crippen LogP contribution in [0.5, 0.6) is 0 Å². The van der Waals surface area contributed by atoms with Gasteiger partial charge in [-0.1, -0.05) is 0 Å². The van der Waals surface area contributed by atoms with Crippen LogP contribution in [-0.2, 0) is 0 Å². The van der Waals surface area contributed by atoms with E-state index in [9.17, 15) is 4.79 Å². The molecule has 0 fully saturated rings. The number of primary amides is 1. The molecule has 0 bridgehead atoms. The molecule has 1 aromatic carbocycles. The van der Waals surface area contributed by atoms with Crippen molar-refractivity contribution in [3.8, 4) is 0 Å². The van der Waals surface area contributed by atoms with E-state index in [1.165, 1.54) is 0 Å². The van der Waals surface area contributed by atoms with Crippen molar-refractivity contribution in [2.24, 2.45) is 5.73 Å². The fraction of sp³-hybridized carbons (Fsp3) is 0.462. The highest BCUT2D eigenvalue weighted by Crippen LogP contribution is 2.19. The average molecular weight is 250 g/mol.